The summed E-state index contributed by atoms with van der Waals surface area (Å²) in [6, 6.07) is 15.0. The number of rotatable bonds is 4. The highest BCUT2D eigenvalue weighted by Gasteiger charge is 2.39. The van der Waals surface area contributed by atoms with Gasteiger partial charge in [0.2, 0.25) is 11.8 Å². The number of benzene rings is 2. The molecule has 1 aliphatic heterocycles. The van der Waals surface area contributed by atoms with Gasteiger partial charge in [0.25, 0.3) is 0 Å². The lowest BCUT2D eigenvalue weighted by atomic mass is 9.97. The van der Waals surface area contributed by atoms with Crippen molar-refractivity contribution in [2.75, 3.05) is 12.0 Å². The van der Waals surface area contributed by atoms with Crippen LogP contribution in [-0.4, -0.2) is 18.9 Å². The number of anilines is 1. The molecule has 4 nitrogen and oxygen atoms in total. The summed E-state index contributed by atoms with van der Waals surface area (Å²) >= 11 is 2.19. The monoisotopic (exact) mass is 421 g/mol. The maximum atomic E-state index is 12.7. The van der Waals surface area contributed by atoms with E-state index in [4.69, 9.17) is 4.74 Å². The number of para-hydroxylation sites is 1. The van der Waals surface area contributed by atoms with Gasteiger partial charge in [0, 0.05) is 9.99 Å². The molecule has 2 aromatic rings. The van der Waals surface area contributed by atoms with E-state index in [0.717, 1.165) is 14.9 Å². The van der Waals surface area contributed by atoms with Crippen molar-refractivity contribution in [3.63, 3.8) is 0 Å². The summed E-state index contributed by atoms with van der Waals surface area (Å²) in [5, 5.41) is 0. The van der Waals surface area contributed by atoms with Crippen molar-refractivity contribution in [1.29, 1.82) is 0 Å². The summed E-state index contributed by atoms with van der Waals surface area (Å²) in [4.78, 5) is 26.3. The Kier molecular flexibility index (Phi) is 4.66. The minimum absolute atomic E-state index is 0.137. The Morgan fingerprint density at radius 2 is 1.83 bits per heavy atom. The van der Waals surface area contributed by atoms with Crippen molar-refractivity contribution in [3.05, 3.63) is 57.7 Å². The smallest absolute Gasteiger partial charge is 0.237 e. The summed E-state index contributed by atoms with van der Waals surface area (Å²) < 4.78 is 6.40. The Morgan fingerprint density at radius 1 is 1.13 bits per heavy atom. The predicted octanol–water partition coefficient (Wildman–Crippen LogP) is 3.42. The van der Waals surface area contributed by atoms with E-state index in [0.29, 0.717) is 12.1 Å². The first-order chi connectivity index (χ1) is 11.1. The molecular formula is C18H16INO3. The SMILES string of the molecule is COc1ccccc1C[C@@H]1CC(=O)N(c2ccc(I)cc2)C1=O. The number of imide groups is 1. The van der Waals surface area contributed by atoms with Crippen molar-refractivity contribution in [2.45, 2.75) is 12.8 Å². The van der Waals surface area contributed by atoms with Crippen LogP contribution in [0.1, 0.15) is 12.0 Å². The van der Waals surface area contributed by atoms with Gasteiger partial charge in [0.05, 0.1) is 18.7 Å². The van der Waals surface area contributed by atoms with E-state index in [-0.39, 0.29) is 24.2 Å². The largest absolute Gasteiger partial charge is 0.496 e. The average Bonchev–Trinajstić information content (AvgIpc) is 2.83. The fourth-order valence-corrected chi connectivity index (χ4v) is 3.21. The molecule has 0 saturated carbocycles. The molecule has 0 N–H and O–H groups in total. The number of carbonyl (C=O) groups is 2. The molecule has 2 aromatic carbocycles. The lowest BCUT2D eigenvalue weighted by Crippen LogP contribution is -2.30. The van der Waals surface area contributed by atoms with Gasteiger partial charge in [-0.05, 0) is 64.9 Å². The molecule has 0 radical (unpaired) electrons. The third kappa shape index (κ3) is 3.24. The molecule has 1 fully saturated rings. The van der Waals surface area contributed by atoms with Crippen molar-refractivity contribution >= 4 is 40.1 Å². The van der Waals surface area contributed by atoms with Crippen molar-refractivity contribution in [1.82, 2.24) is 0 Å². The van der Waals surface area contributed by atoms with Gasteiger partial charge in [-0.15, -0.1) is 0 Å². The van der Waals surface area contributed by atoms with Gasteiger partial charge in [-0.2, -0.15) is 0 Å². The van der Waals surface area contributed by atoms with Crippen molar-refractivity contribution in [3.8, 4) is 5.75 Å². The summed E-state index contributed by atoms with van der Waals surface area (Å²) in [5.41, 5.74) is 1.59. The minimum Gasteiger partial charge on any atom is -0.496 e. The topological polar surface area (TPSA) is 46.6 Å². The zero-order valence-electron chi connectivity index (χ0n) is 12.7. The van der Waals surface area contributed by atoms with E-state index in [9.17, 15) is 9.59 Å². The van der Waals surface area contributed by atoms with Gasteiger partial charge < -0.3 is 4.74 Å². The van der Waals surface area contributed by atoms with Crippen LogP contribution in [0.15, 0.2) is 48.5 Å². The van der Waals surface area contributed by atoms with E-state index >= 15 is 0 Å². The molecule has 23 heavy (non-hydrogen) atoms. The highest BCUT2D eigenvalue weighted by molar-refractivity contribution is 14.1. The van der Waals surface area contributed by atoms with Crippen LogP contribution in [0, 0.1) is 9.49 Å². The molecule has 0 aliphatic carbocycles. The summed E-state index contributed by atoms with van der Waals surface area (Å²) in [7, 11) is 1.61. The van der Waals surface area contributed by atoms with Crippen LogP contribution in [0.25, 0.3) is 0 Å². The molecule has 1 heterocycles. The number of nitrogens with zero attached hydrogens (tertiary/aromatic N) is 1. The lowest BCUT2D eigenvalue weighted by molar-refractivity contribution is -0.122. The fourth-order valence-electron chi connectivity index (χ4n) is 2.85. The first kappa shape index (κ1) is 16.0. The average molecular weight is 421 g/mol. The van der Waals surface area contributed by atoms with Crippen LogP contribution >= 0.6 is 22.6 Å². The van der Waals surface area contributed by atoms with Crippen molar-refractivity contribution in [2.24, 2.45) is 5.92 Å². The second-order valence-electron chi connectivity index (χ2n) is 5.46. The van der Waals surface area contributed by atoms with Gasteiger partial charge in [-0.25, -0.2) is 0 Å². The highest BCUT2D eigenvalue weighted by Crippen LogP contribution is 2.31. The van der Waals surface area contributed by atoms with E-state index in [2.05, 4.69) is 22.6 Å². The van der Waals surface area contributed by atoms with Gasteiger partial charge >= 0.3 is 0 Å². The quantitative estimate of drug-likeness (QED) is 0.562. The van der Waals surface area contributed by atoms with Crippen LogP contribution in [0.3, 0.4) is 0 Å². The molecule has 3 rings (SSSR count). The van der Waals surface area contributed by atoms with Crippen LogP contribution < -0.4 is 9.64 Å². The maximum absolute atomic E-state index is 12.7. The summed E-state index contributed by atoms with van der Waals surface area (Å²) in [5.74, 6) is 0.136. The standard InChI is InChI=1S/C18H16INO3/c1-23-16-5-3-2-4-12(16)10-13-11-17(21)20(18(13)22)15-8-6-14(19)7-9-15/h2-9,13H,10-11H2,1H3/t13-/m1/s1. The Labute approximate surface area is 148 Å². The molecule has 0 aromatic heterocycles. The second-order valence-corrected chi connectivity index (χ2v) is 6.71. The Morgan fingerprint density at radius 3 is 2.52 bits per heavy atom. The molecule has 0 spiro atoms. The van der Waals surface area contributed by atoms with Gasteiger partial charge in [-0.3, -0.25) is 14.5 Å². The number of ether oxygens (including phenoxy) is 1. The molecule has 0 unspecified atom stereocenters. The third-order valence-electron chi connectivity index (χ3n) is 3.98. The van der Waals surface area contributed by atoms with E-state index < -0.39 is 0 Å². The van der Waals surface area contributed by atoms with Crippen LogP contribution in [0.4, 0.5) is 5.69 Å². The van der Waals surface area contributed by atoms with E-state index in [1.54, 1.807) is 7.11 Å². The molecular weight excluding hydrogens is 405 g/mol. The number of hydrogen-bond donors (Lipinski definition) is 0. The third-order valence-corrected chi connectivity index (χ3v) is 4.70. The highest BCUT2D eigenvalue weighted by atomic mass is 127. The number of amides is 2. The lowest BCUT2D eigenvalue weighted by Gasteiger charge is -2.15. The summed E-state index contributed by atoms with van der Waals surface area (Å²) in [6.07, 6.45) is 0.748. The normalized spacial score (nSPS) is 17.7. The zero-order valence-corrected chi connectivity index (χ0v) is 14.8. The molecule has 118 valence electrons. The summed E-state index contributed by atoms with van der Waals surface area (Å²) in [6.45, 7) is 0. The molecule has 0 bridgehead atoms. The van der Waals surface area contributed by atoms with Crippen molar-refractivity contribution < 1.29 is 14.3 Å². The molecule has 1 saturated heterocycles. The predicted molar refractivity (Wildman–Crippen MR) is 96.5 cm³/mol. The minimum atomic E-state index is -0.335. The second kappa shape index (κ2) is 6.70. The van der Waals surface area contributed by atoms with Crippen LogP contribution in [0.5, 0.6) is 5.75 Å². The van der Waals surface area contributed by atoms with Gasteiger partial charge in [0.1, 0.15) is 5.75 Å². The number of carbonyl (C=O) groups excluding carboxylic acids is 2. The Balaban J connectivity index is 1.82. The Bertz CT molecular complexity index is 742. The first-order valence-electron chi connectivity index (χ1n) is 7.34. The number of methoxy groups -OCH3 is 1. The molecule has 1 atom stereocenters. The first-order valence-corrected chi connectivity index (χ1v) is 8.42. The van der Waals surface area contributed by atoms with E-state index in [1.807, 2.05) is 48.5 Å². The van der Waals surface area contributed by atoms with E-state index in [1.165, 1.54) is 4.90 Å². The molecule has 2 amide bonds. The van der Waals surface area contributed by atoms with Gasteiger partial charge in [-0.1, -0.05) is 18.2 Å². The number of halogens is 1. The Hall–Kier alpha value is -1.89. The van der Waals surface area contributed by atoms with Crippen LogP contribution in [-0.2, 0) is 16.0 Å². The zero-order chi connectivity index (χ0) is 16.4. The van der Waals surface area contributed by atoms with Crippen LogP contribution in [0.2, 0.25) is 0 Å². The molecule has 5 heteroatoms. The fraction of sp³-hybridized carbons (Fsp3) is 0.222. The maximum Gasteiger partial charge on any atom is 0.237 e. The molecule has 1 aliphatic rings. The number of hydrogen-bond acceptors (Lipinski definition) is 3. The van der Waals surface area contributed by atoms with Gasteiger partial charge in [0.15, 0.2) is 0 Å².